The van der Waals surface area contributed by atoms with Gasteiger partial charge in [0, 0.05) is 98.7 Å². The van der Waals surface area contributed by atoms with Crippen molar-refractivity contribution in [3.8, 4) is 23.8 Å². The number of morpholine rings is 1. The van der Waals surface area contributed by atoms with Crippen molar-refractivity contribution in [1.29, 1.82) is 0 Å². The number of hydrogen-bond donors (Lipinski definition) is 1. The Morgan fingerprint density at radius 1 is 0.984 bits per heavy atom. The maximum Gasteiger partial charge on any atom is 0.254 e. The lowest BCUT2D eigenvalue weighted by atomic mass is 9.44. The van der Waals surface area contributed by atoms with Gasteiger partial charge in [-0.3, -0.25) is 24.1 Å². The molecule has 0 bridgehead atoms. The van der Waals surface area contributed by atoms with E-state index >= 15 is 4.39 Å². The first-order valence-corrected chi connectivity index (χ1v) is 22.3. The smallest absolute Gasteiger partial charge is 0.254 e. The van der Waals surface area contributed by atoms with E-state index in [-0.39, 0.29) is 83.3 Å². The Morgan fingerprint density at radius 3 is 2.32 bits per heavy atom. The van der Waals surface area contributed by atoms with Crippen LogP contribution in [-0.4, -0.2) is 105 Å². The number of carbonyl (C=O) groups excluding carboxylic acids is 4. The number of hydrogen-bond acceptors (Lipinski definition) is 10. The molecule has 3 aromatic rings. The molecular formula is C51H62FN3O8. The summed E-state index contributed by atoms with van der Waals surface area (Å²) < 4.78 is 39.6. The minimum atomic E-state index is -0.788. The molecule has 1 aliphatic heterocycles. The number of rotatable bonds is 16. The summed E-state index contributed by atoms with van der Waals surface area (Å²) in [7, 11) is 1.69. The summed E-state index contributed by atoms with van der Waals surface area (Å²) >= 11 is 0. The van der Waals surface area contributed by atoms with Gasteiger partial charge in [0.25, 0.3) is 5.91 Å². The van der Waals surface area contributed by atoms with Crippen molar-refractivity contribution in [3.63, 3.8) is 0 Å². The third-order valence-corrected chi connectivity index (χ3v) is 14.0. The highest BCUT2D eigenvalue weighted by molar-refractivity contribution is 6.06. The first-order valence-electron chi connectivity index (χ1n) is 22.3. The largest absolute Gasteiger partial charge is 0.490 e. The number of ether oxygens (including phenoxy) is 4. The number of anilines is 1. The predicted octanol–water partition coefficient (Wildman–Crippen LogP) is 7.31. The van der Waals surface area contributed by atoms with Gasteiger partial charge < -0.3 is 29.2 Å². The fraction of sp³-hybridized carbons (Fsp3) is 0.529. The number of terminal acetylenes is 1. The van der Waals surface area contributed by atoms with Gasteiger partial charge in [-0.1, -0.05) is 33.6 Å². The Hall–Kier alpha value is -5.09. The summed E-state index contributed by atoms with van der Waals surface area (Å²) in [6.45, 7) is 16.8. The zero-order valence-corrected chi connectivity index (χ0v) is 37.8. The summed E-state index contributed by atoms with van der Waals surface area (Å²) in [5.74, 6) is 2.26. The molecule has 2 atom stereocenters. The van der Waals surface area contributed by atoms with E-state index < -0.39 is 17.8 Å². The van der Waals surface area contributed by atoms with Crippen molar-refractivity contribution >= 4 is 28.9 Å². The van der Waals surface area contributed by atoms with Gasteiger partial charge in [0.05, 0.1) is 37.3 Å². The van der Waals surface area contributed by atoms with Crippen LogP contribution in [-0.2, 0) is 19.1 Å². The highest BCUT2D eigenvalue weighted by Crippen LogP contribution is 2.62. The Bertz CT molecular complexity index is 2200. The fourth-order valence-electron chi connectivity index (χ4n) is 10.6. The second kappa shape index (κ2) is 18.9. The van der Waals surface area contributed by atoms with Crippen LogP contribution < -0.4 is 19.7 Å². The number of methoxy groups -OCH3 is 1. The molecule has 12 heteroatoms. The van der Waals surface area contributed by atoms with E-state index in [1.165, 1.54) is 12.1 Å². The number of amides is 1. The summed E-state index contributed by atoms with van der Waals surface area (Å²) in [5.41, 5.74) is 4.10. The number of nitrogens with one attached hydrogen (secondary N) is 1. The van der Waals surface area contributed by atoms with Crippen LogP contribution in [0.3, 0.4) is 0 Å². The summed E-state index contributed by atoms with van der Waals surface area (Å²) in [4.78, 5) is 54.9. The number of ketones is 3. The van der Waals surface area contributed by atoms with E-state index in [0.29, 0.717) is 44.0 Å². The van der Waals surface area contributed by atoms with Gasteiger partial charge in [-0.05, 0) is 85.8 Å². The second-order valence-electron chi connectivity index (χ2n) is 19.1. The topological polar surface area (TPSA) is 124 Å². The van der Waals surface area contributed by atoms with Gasteiger partial charge in [-0.25, -0.2) is 4.39 Å². The summed E-state index contributed by atoms with van der Waals surface area (Å²) in [5, 5.41) is 2.57. The van der Waals surface area contributed by atoms with Crippen LogP contribution in [0.15, 0.2) is 54.6 Å². The Labute approximate surface area is 371 Å². The van der Waals surface area contributed by atoms with Gasteiger partial charge in [-0.2, -0.15) is 0 Å². The van der Waals surface area contributed by atoms with Crippen molar-refractivity contribution < 1.29 is 42.5 Å². The number of aryl methyl sites for hydroxylation is 2. The Morgan fingerprint density at radius 2 is 1.68 bits per heavy atom. The number of halogens is 1. The third-order valence-electron chi connectivity index (χ3n) is 14.0. The molecule has 0 radical (unpaired) electrons. The van der Waals surface area contributed by atoms with Crippen molar-refractivity contribution in [2.24, 2.45) is 16.7 Å². The van der Waals surface area contributed by atoms with E-state index in [0.717, 1.165) is 54.1 Å². The molecule has 1 amide bonds. The van der Waals surface area contributed by atoms with E-state index in [9.17, 15) is 19.2 Å². The molecule has 63 heavy (non-hydrogen) atoms. The molecular weight excluding hydrogens is 802 g/mol. The van der Waals surface area contributed by atoms with Crippen molar-refractivity contribution in [1.82, 2.24) is 10.2 Å². The number of Topliss-reactive ketones (excluding diaryl/α,β-unsaturated/α-hetero) is 3. The number of nitrogens with zero attached hydrogens (tertiary/aromatic N) is 2. The Kier molecular flexibility index (Phi) is 13.8. The van der Waals surface area contributed by atoms with Crippen molar-refractivity contribution in [3.05, 3.63) is 88.2 Å². The highest BCUT2D eigenvalue weighted by atomic mass is 19.1. The van der Waals surface area contributed by atoms with E-state index in [4.69, 9.17) is 25.4 Å². The lowest BCUT2D eigenvalue weighted by Crippen LogP contribution is -2.66. The van der Waals surface area contributed by atoms with E-state index in [1.54, 1.807) is 13.2 Å². The third kappa shape index (κ3) is 10.0. The molecule has 3 aromatic carbocycles. The normalized spacial score (nSPS) is 25.1. The van der Waals surface area contributed by atoms with Crippen LogP contribution in [0.25, 0.3) is 0 Å². The van der Waals surface area contributed by atoms with Crippen molar-refractivity contribution in [2.45, 2.75) is 110 Å². The van der Waals surface area contributed by atoms with Gasteiger partial charge in [0.2, 0.25) is 0 Å². The minimum absolute atomic E-state index is 0.0459. The average molecular weight is 864 g/mol. The molecule has 1 heterocycles. The summed E-state index contributed by atoms with van der Waals surface area (Å²) in [6.07, 6.45) is 7.65. The molecule has 4 aliphatic rings. The van der Waals surface area contributed by atoms with E-state index in [1.807, 2.05) is 50.2 Å². The van der Waals surface area contributed by atoms with Crippen LogP contribution in [0.5, 0.6) is 11.5 Å². The van der Waals surface area contributed by atoms with E-state index in [2.05, 4.69) is 48.7 Å². The zero-order chi connectivity index (χ0) is 45.2. The molecule has 4 fully saturated rings. The standard InChI is InChI=1S/C51H62FN3O8/c1-9-41-31(2)22-38(23-32(41)3)63-49-50(4,5)47(51(49,6)7)28-45(57)33-10-12-34(13-11-33)54-19-21-61-40(29-54)30-55(18-20-60-8)35-24-39(25-35)62-37-15-16-42(43(52)27-37)48(59)53-44-17-14-36(56)26-46(44)58/h1,10-13,15-16,22-23,27,35,39-40,44,47,49H,14,17-21,24-26,28-30H2,2-8H3,(H,53,59)/t35?,39?,40-,44-,47?,49?/m1/s1. The molecule has 3 saturated carbocycles. The minimum Gasteiger partial charge on any atom is -0.490 e. The average Bonchev–Trinajstić information content (AvgIpc) is 3.22. The number of benzene rings is 3. The van der Waals surface area contributed by atoms with Gasteiger partial charge in [0.1, 0.15) is 35.3 Å². The lowest BCUT2D eigenvalue weighted by molar-refractivity contribution is -0.196. The molecule has 336 valence electrons. The zero-order valence-electron chi connectivity index (χ0n) is 37.8. The molecule has 0 aromatic heterocycles. The van der Waals surface area contributed by atoms with Gasteiger partial charge in [-0.15, -0.1) is 6.42 Å². The van der Waals surface area contributed by atoms with Crippen LogP contribution in [0.2, 0.25) is 0 Å². The number of carbonyl (C=O) groups is 4. The van der Waals surface area contributed by atoms with Crippen LogP contribution in [0.4, 0.5) is 10.1 Å². The Balaban J connectivity index is 0.895. The summed E-state index contributed by atoms with van der Waals surface area (Å²) in [6, 6.07) is 15.6. The molecule has 3 aliphatic carbocycles. The molecule has 0 spiro atoms. The predicted molar refractivity (Wildman–Crippen MR) is 239 cm³/mol. The van der Waals surface area contributed by atoms with Crippen LogP contribution >= 0.6 is 0 Å². The van der Waals surface area contributed by atoms with Crippen LogP contribution in [0, 0.1) is 48.8 Å². The first-order chi connectivity index (χ1) is 30.0. The van der Waals surface area contributed by atoms with Crippen molar-refractivity contribution in [2.75, 3.05) is 51.4 Å². The fourth-order valence-corrected chi connectivity index (χ4v) is 10.6. The van der Waals surface area contributed by atoms with Gasteiger partial charge >= 0.3 is 0 Å². The lowest BCUT2D eigenvalue weighted by Gasteiger charge is -2.63. The molecule has 1 saturated heterocycles. The maximum atomic E-state index is 15.1. The van der Waals surface area contributed by atoms with Crippen LogP contribution in [0.1, 0.15) is 104 Å². The quantitative estimate of drug-likeness (QED) is 0.0892. The second-order valence-corrected chi connectivity index (χ2v) is 19.1. The molecule has 11 nitrogen and oxygen atoms in total. The SMILES string of the molecule is C#Cc1c(C)cc(OC2C(C)(C)C(CC(=O)c3ccc(N4CCO[C@@H](CN(CCOC)C5CC(Oc6ccc(C(=O)N[C@@H]7CCC(=O)CC7=O)c(F)c6)C5)C4)cc3)C2(C)C)cc1C. The molecule has 7 rings (SSSR count). The molecule has 1 N–H and O–H groups in total. The molecule has 0 unspecified atom stereocenters. The first kappa shape index (κ1) is 45.9. The monoisotopic (exact) mass is 863 g/mol. The highest BCUT2D eigenvalue weighted by Gasteiger charge is 2.63. The maximum absolute atomic E-state index is 15.1. The van der Waals surface area contributed by atoms with Gasteiger partial charge in [0.15, 0.2) is 11.6 Å².